The SMILES string of the molecule is Cc1cc2c(SCCC(=O)NCCCC(=O)O)ncnc2s1. The van der Waals surface area contributed by atoms with Crippen molar-refractivity contribution in [2.75, 3.05) is 12.3 Å². The van der Waals surface area contributed by atoms with Crippen molar-refractivity contribution in [2.45, 2.75) is 31.2 Å². The molecule has 0 aliphatic heterocycles. The van der Waals surface area contributed by atoms with Crippen molar-refractivity contribution in [2.24, 2.45) is 0 Å². The topological polar surface area (TPSA) is 92.2 Å². The number of thiophene rings is 1. The Labute approximate surface area is 136 Å². The molecule has 0 spiro atoms. The van der Waals surface area contributed by atoms with Crippen molar-refractivity contribution in [1.29, 1.82) is 0 Å². The number of nitrogens with one attached hydrogen (secondary N) is 1. The third kappa shape index (κ3) is 4.96. The summed E-state index contributed by atoms with van der Waals surface area (Å²) in [6.45, 7) is 2.43. The minimum atomic E-state index is -0.844. The number of nitrogens with zero attached hydrogens (tertiary/aromatic N) is 2. The molecule has 118 valence electrons. The van der Waals surface area contributed by atoms with E-state index in [1.807, 2.05) is 6.92 Å². The van der Waals surface area contributed by atoms with Gasteiger partial charge in [-0.2, -0.15) is 0 Å². The zero-order chi connectivity index (χ0) is 15.9. The second-order valence-electron chi connectivity index (χ2n) is 4.70. The van der Waals surface area contributed by atoms with Crippen molar-refractivity contribution in [3.05, 3.63) is 17.3 Å². The van der Waals surface area contributed by atoms with E-state index in [0.717, 1.165) is 15.2 Å². The molecule has 2 heterocycles. The Morgan fingerprint density at radius 3 is 2.95 bits per heavy atom. The van der Waals surface area contributed by atoms with Crippen LogP contribution in [0.1, 0.15) is 24.1 Å². The lowest BCUT2D eigenvalue weighted by Crippen LogP contribution is -2.25. The molecule has 0 aliphatic rings. The molecule has 2 aromatic heterocycles. The van der Waals surface area contributed by atoms with Crippen LogP contribution in [0.2, 0.25) is 0 Å². The third-order valence-corrected chi connectivity index (χ3v) is 4.84. The maximum Gasteiger partial charge on any atom is 0.303 e. The lowest BCUT2D eigenvalue weighted by atomic mass is 10.3. The van der Waals surface area contributed by atoms with E-state index in [2.05, 4.69) is 21.4 Å². The van der Waals surface area contributed by atoms with Gasteiger partial charge in [0.25, 0.3) is 0 Å². The predicted octanol–water partition coefficient (Wildman–Crippen LogP) is 2.46. The summed E-state index contributed by atoms with van der Waals surface area (Å²) in [5.74, 6) is -0.278. The van der Waals surface area contributed by atoms with E-state index in [4.69, 9.17) is 5.11 Å². The number of carbonyl (C=O) groups is 2. The lowest BCUT2D eigenvalue weighted by molar-refractivity contribution is -0.137. The minimum Gasteiger partial charge on any atom is -0.481 e. The predicted molar refractivity (Wildman–Crippen MR) is 87.4 cm³/mol. The largest absolute Gasteiger partial charge is 0.481 e. The number of aliphatic carboxylic acids is 1. The van der Waals surface area contributed by atoms with Crippen molar-refractivity contribution < 1.29 is 14.7 Å². The Morgan fingerprint density at radius 2 is 2.18 bits per heavy atom. The molecule has 0 radical (unpaired) electrons. The number of carboxylic acid groups (broad SMARTS) is 1. The highest BCUT2D eigenvalue weighted by molar-refractivity contribution is 7.99. The summed E-state index contributed by atoms with van der Waals surface area (Å²) < 4.78 is 0. The highest BCUT2D eigenvalue weighted by Gasteiger charge is 2.08. The molecule has 0 bridgehead atoms. The Hall–Kier alpha value is -1.67. The quantitative estimate of drug-likeness (QED) is 0.436. The van der Waals surface area contributed by atoms with Gasteiger partial charge in [-0.1, -0.05) is 0 Å². The Balaban J connectivity index is 1.75. The average molecular weight is 339 g/mol. The van der Waals surface area contributed by atoms with Crippen LogP contribution in [0.5, 0.6) is 0 Å². The van der Waals surface area contributed by atoms with Crippen LogP contribution in [0, 0.1) is 6.92 Å². The molecule has 0 saturated heterocycles. The van der Waals surface area contributed by atoms with Gasteiger partial charge in [-0.25, -0.2) is 9.97 Å². The van der Waals surface area contributed by atoms with E-state index in [1.54, 1.807) is 17.7 Å². The molecule has 2 aromatic rings. The van der Waals surface area contributed by atoms with Gasteiger partial charge in [0.2, 0.25) is 5.91 Å². The molecular formula is C14H17N3O3S2. The van der Waals surface area contributed by atoms with Gasteiger partial charge in [-0.15, -0.1) is 23.1 Å². The van der Waals surface area contributed by atoms with Crippen molar-refractivity contribution >= 4 is 45.2 Å². The number of aromatic nitrogens is 2. The zero-order valence-electron chi connectivity index (χ0n) is 12.2. The van der Waals surface area contributed by atoms with Gasteiger partial charge in [0.15, 0.2) is 0 Å². The summed E-state index contributed by atoms with van der Waals surface area (Å²) in [6.07, 6.45) is 2.46. The number of carbonyl (C=O) groups excluding carboxylic acids is 1. The fourth-order valence-electron chi connectivity index (χ4n) is 1.87. The second kappa shape index (κ2) is 8.09. The maximum atomic E-state index is 11.6. The van der Waals surface area contributed by atoms with E-state index in [0.29, 0.717) is 25.1 Å². The van der Waals surface area contributed by atoms with Crippen LogP contribution in [-0.2, 0) is 9.59 Å². The molecule has 0 unspecified atom stereocenters. The molecule has 0 aromatic carbocycles. The average Bonchev–Trinajstić information content (AvgIpc) is 2.84. The summed E-state index contributed by atoms with van der Waals surface area (Å²) in [4.78, 5) is 32.7. The first-order chi connectivity index (χ1) is 10.6. The van der Waals surface area contributed by atoms with Crippen molar-refractivity contribution in [3.63, 3.8) is 0 Å². The Kier molecular flexibility index (Phi) is 6.14. The van der Waals surface area contributed by atoms with Crippen molar-refractivity contribution in [3.8, 4) is 0 Å². The summed E-state index contributed by atoms with van der Waals surface area (Å²) in [7, 11) is 0. The normalized spacial score (nSPS) is 10.8. The number of amides is 1. The molecule has 0 fully saturated rings. The number of hydrogen-bond acceptors (Lipinski definition) is 6. The number of thioether (sulfide) groups is 1. The monoisotopic (exact) mass is 339 g/mol. The van der Waals surface area contributed by atoms with Crippen LogP contribution in [0.25, 0.3) is 10.2 Å². The van der Waals surface area contributed by atoms with Gasteiger partial charge in [0.05, 0.1) is 0 Å². The van der Waals surface area contributed by atoms with E-state index >= 15 is 0 Å². The fraction of sp³-hybridized carbons (Fsp3) is 0.429. The van der Waals surface area contributed by atoms with Crippen LogP contribution >= 0.6 is 23.1 Å². The molecule has 0 atom stereocenters. The fourth-order valence-corrected chi connectivity index (χ4v) is 3.69. The first-order valence-corrected chi connectivity index (χ1v) is 8.69. The Morgan fingerprint density at radius 1 is 1.36 bits per heavy atom. The Bertz CT molecular complexity index is 672. The number of aryl methyl sites for hydroxylation is 1. The number of carboxylic acids is 1. The van der Waals surface area contributed by atoms with Gasteiger partial charge in [0.1, 0.15) is 16.2 Å². The zero-order valence-corrected chi connectivity index (χ0v) is 13.8. The summed E-state index contributed by atoms with van der Waals surface area (Å²) in [5.41, 5.74) is 0. The summed E-state index contributed by atoms with van der Waals surface area (Å²) in [6, 6.07) is 2.06. The molecule has 2 rings (SSSR count). The minimum absolute atomic E-state index is 0.0651. The van der Waals surface area contributed by atoms with E-state index in [-0.39, 0.29) is 12.3 Å². The number of fused-ring (bicyclic) bond motifs is 1. The van der Waals surface area contributed by atoms with E-state index < -0.39 is 5.97 Å². The lowest BCUT2D eigenvalue weighted by Gasteiger charge is -2.04. The van der Waals surface area contributed by atoms with Crippen LogP contribution in [0.3, 0.4) is 0 Å². The third-order valence-electron chi connectivity index (χ3n) is 2.87. The standard InChI is InChI=1S/C14H17N3O3S2/c1-9-7-10-13(16-8-17-14(10)22-9)21-6-4-11(18)15-5-2-3-12(19)20/h7-8H,2-6H2,1H3,(H,15,18)(H,19,20). The smallest absolute Gasteiger partial charge is 0.303 e. The van der Waals surface area contributed by atoms with Crippen LogP contribution < -0.4 is 5.32 Å². The van der Waals surface area contributed by atoms with Gasteiger partial charge in [-0.3, -0.25) is 9.59 Å². The van der Waals surface area contributed by atoms with E-state index in [1.165, 1.54) is 16.6 Å². The number of hydrogen-bond donors (Lipinski definition) is 2. The molecular weight excluding hydrogens is 322 g/mol. The first-order valence-electron chi connectivity index (χ1n) is 6.88. The highest BCUT2D eigenvalue weighted by Crippen LogP contribution is 2.30. The molecule has 8 heteroatoms. The molecule has 2 N–H and O–H groups in total. The van der Waals surface area contributed by atoms with Gasteiger partial charge in [0, 0.05) is 35.4 Å². The molecule has 1 amide bonds. The van der Waals surface area contributed by atoms with E-state index in [9.17, 15) is 9.59 Å². The maximum absolute atomic E-state index is 11.6. The first kappa shape index (κ1) is 16.7. The van der Waals surface area contributed by atoms with Crippen LogP contribution in [0.15, 0.2) is 17.4 Å². The van der Waals surface area contributed by atoms with Crippen LogP contribution in [-0.4, -0.2) is 39.2 Å². The molecule has 0 saturated carbocycles. The highest BCUT2D eigenvalue weighted by atomic mass is 32.2. The molecule has 0 aliphatic carbocycles. The van der Waals surface area contributed by atoms with Gasteiger partial charge in [-0.05, 0) is 19.4 Å². The summed E-state index contributed by atoms with van der Waals surface area (Å²) in [5, 5.41) is 13.2. The van der Waals surface area contributed by atoms with Crippen LogP contribution in [0.4, 0.5) is 0 Å². The number of rotatable bonds is 8. The van der Waals surface area contributed by atoms with Gasteiger partial charge < -0.3 is 10.4 Å². The molecule has 6 nitrogen and oxygen atoms in total. The molecule has 22 heavy (non-hydrogen) atoms. The van der Waals surface area contributed by atoms with Gasteiger partial charge >= 0.3 is 5.97 Å². The summed E-state index contributed by atoms with van der Waals surface area (Å²) >= 11 is 3.17. The second-order valence-corrected chi connectivity index (χ2v) is 7.02. The van der Waals surface area contributed by atoms with Crippen molar-refractivity contribution in [1.82, 2.24) is 15.3 Å².